The number of carbonyl (C=O) groups excluding carboxylic acids is 1. The van der Waals surface area contributed by atoms with Crippen LogP contribution in [-0.2, 0) is 22.3 Å². The lowest BCUT2D eigenvalue weighted by Gasteiger charge is -2.44. The summed E-state index contributed by atoms with van der Waals surface area (Å²) < 4.78 is 62.7. The van der Waals surface area contributed by atoms with E-state index in [4.69, 9.17) is 4.74 Å². The number of nitrogens with zero attached hydrogens (tertiary/aromatic N) is 4. The van der Waals surface area contributed by atoms with Crippen LogP contribution in [0.25, 0.3) is 11.0 Å². The highest BCUT2D eigenvalue weighted by molar-refractivity contribution is 5.89. The molecule has 11 heteroatoms. The van der Waals surface area contributed by atoms with Gasteiger partial charge in [0.15, 0.2) is 0 Å². The van der Waals surface area contributed by atoms with E-state index in [1.165, 1.54) is 12.1 Å². The van der Waals surface area contributed by atoms with Gasteiger partial charge >= 0.3 is 6.18 Å². The molecule has 1 N–H and O–H groups in total. The summed E-state index contributed by atoms with van der Waals surface area (Å²) >= 11 is 0. The third kappa shape index (κ3) is 4.22. The number of rotatable bonds is 5. The van der Waals surface area contributed by atoms with Crippen molar-refractivity contribution < 1.29 is 27.1 Å². The zero-order chi connectivity index (χ0) is 26.1. The van der Waals surface area contributed by atoms with Crippen molar-refractivity contribution in [2.24, 2.45) is 11.8 Å². The summed E-state index contributed by atoms with van der Waals surface area (Å²) in [6, 6.07) is 4.45. The van der Waals surface area contributed by atoms with Gasteiger partial charge in [0.2, 0.25) is 5.91 Å². The van der Waals surface area contributed by atoms with Crippen LogP contribution in [-0.4, -0.2) is 45.0 Å². The number of ether oxygens (including phenoxy) is 1. The van der Waals surface area contributed by atoms with Gasteiger partial charge < -0.3 is 19.5 Å². The van der Waals surface area contributed by atoms with E-state index in [9.17, 15) is 22.4 Å². The van der Waals surface area contributed by atoms with Gasteiger partial charge in [-0.25, -0.2) is 14.4 Å². The van der Waals surface area contributed by atoms with E-state index in [0.717, 1.165) is 24.6 Å². The molecule has 1 saturated carbocycles. The molecule has 4 heterocycles. The van der Waals surface area contributed by atoms with Gasteiger partial charge in [0, 0.05) is 42.7 Å². The van der Waals surface area contributed by atoms with Crippen LogP contribution in [0, 0.1) is 24.6 Å². The number of carbonyl (C=O) groups is 1. The Kier molecular flexibility index (Phi) is 5.66. The maximum Gasteiger partial charge on any atom is 0.419 e. The molecule has 0 bridgehead atoms. The number of aromatic nitrogens is 3. The first-order chi connectivity index (χ1) is 17.6. The Hall–Kier alpha value is -3.21. The number of benzene rings is 1. The topological polar surface area (TPSA) is 72.3 Å². The summed E-state index contributed by atoms with van der Waals surface area (Å²) in [6.45, 7) is 5.76. The Labute approximate surface area is 210 Å². The van der Waals surface area contributed by atoms with Gasteiger partial charge in [0.05, 0.1) is 23.6 Å². The van der Waals surface area contributed by atoms with Gasteiger partial charge in [-0.05, 0) is 38.8 Å². The smallest absolute Gasteiger partial charge is 0.370 e. The Morgan fingerprint density at radius 3 is 2.68 bits per heavy atom. The van der Waals surface area contributed by atoms with Crippen LogP contribution < -0.4 is 5.32 Å². The lowest BCUT2D eigenvalue weighted by atomic mass is 9.90. The number of amides is 1. The molecule has 0 radical (unpaired) electrons. The molecule has 0 spiro atoms. The molecular formula is C26H27F4N5O2. The number of fused-ring (bicyclic) bond motifs is 3. The van der Waals surface area contributed by atoms with E-state index >= 15 is 0 Å². The highest BCUT2D eigenvalue weighted by atomic mass is 19.4. The summed E-state index contributed by atoms with van der Waals surface area (Å²) in [5.74, 6) is 0.213. The second-order valence-corrected chi connectivity index (χ2v) is 10.2. The SMILES string of the molecule is Cc1nc(N[C@H](C)c2cccc(C(F)(F)F)c2F)c2cc3n(c2n1)CCOC3C1CN(C(=O)C2CC2)C1. The standard InChI is InChI=1S/C26H27F4N5O2/c1-13(17-4-3-5-19(21(17)27)26(28,29)30)31-23-18-10-20-22(16-11-34(12-16)25(36)15-6-7-15)37-9-8-35(20)24(18)33-14(2)32-23/h3-5,10,13,15-16,22H,6-9,11-12H2,1-2H3,(H,31,32,33)/t13-,22?/m1/s1. The van der Waals surface area contributed by atoms with Crippen molar-refractivity contribution in [1.82, 2.24) is 19.4 Å². The molecule has 1 aliphatic carbocycles. The summed E-state index contributed by atoms with van der Waals surface area (Å²) in [5, 5.41) is 3.81. The molecule has 3 aromatic rings. The van der Waals surface area contributed by atoms with Crippen LogP contribution in [0.1, 0.15) is 54.6 Å². The van der Waals surface area contributed by atoms with Crippen molar-refractivity contribution in [2.75, 3.05) is 25.0 Å². The molecule has 2 aromatic heterocycles. The summed E-state index contributed by atoms with van der Waals surface area (Å²) in [5.41, 5.74) is 0.238. The fraction of sp³-hybridized carbons (Fsp3) is 0.500. The van der Waals surface area contributed by atoms with Crippen LogP contribution in [0.5, 0.6) is 0 Å². The Morgan fingerprint density at radius 1 is 1.22 bits per heavy atom. The van der Waals surface area contributed by atoms with E-state index in [0.29, 0.717) is 48.9 Å². The molecular weight excluding hydrogens is 490 g/mol. The predicted molar refractivity (Wildman–Crippen MR) is 127 cm³/mol. The molecule has 2 aliphatic heterocycles. The largest absolute Gasteiger partial charge is 0.419 e. The van der Waals surface area contributed by atoms with E-state index in [-0.39, 0.29) is 29.4 Å². The minimum absolute atomic E-state index is 0.0979. The van der Waals surface area contributed by atoms with Crippen molar-refractivity contribution in [2.45, 2.75) is 51.6 Å². The van der Waals surface area contributed by atoms with Crippen molar-refractivity contribution in [3.63, 3.8) is 0 Å². The number of hydrogen-bond donors (Lipinski definition) is 1. The number of hydrogen-bond acceptors (Lipinski definition) is 5. The minimum atomic E-state index is -4.78. The van der Waals surface area contributed by atoms with Crippen molar-refractivity contribution in [3.05, 3.63) is 52.7 Å². The molecule has 1 amide bonds. The second-order valence-electron chi connectivity index (χ2n) is 10.2. The molecule has 2 fully saturated rings. The maximum absolute atomic E-state index is 14.8. The normalized spacial score (nSPS) is 21.0. The molecule has 196 valence electrons. The lowest BCUT2D eigenvalue weighted by Crippen LogP contribution is -2.53. The zero-order valence-corrected chi connectivity index (χ0v) is 20.5. The summed E-state index contributed by atoms with van der Waals surface area (Å²) in [7, 11) is 0. The van der Waals surface area contributed by atoms with Crippen LogP contribution in [0.15, 0.2) is 24.3 Å². The van der Waals surface area contributed by atoms with Gasteiger partial charge in [-0.3, -0.25) is 4.79 Å². The number of halogens is 4. The molecule has 37 heavy (non-hydrogen) atoms. The van der Waals surface area contributed by atoms with Crippen LogP contribution in [0.2, 0.25) is 0 Å². The number of likely N-dealkylation sites (tertiary alicyclic amines) is 1. The van der Waals surface area contributed by atoms with E-state index in [1.54, 1.807) is 13.8 Å². The molecule has 1 saturated heterocycles. The number of anilines is 1. The van der Waals surface area contributed by atoms with Gasteiger partial charge in [-0.1, -0.05) is 12.1 Å². The van der Waals surface area contributed by atoms with Crippen LogP contribution in [0.4, 0.5) is 23.4 Å². The van der Waals surface area contributed by atoms with Crippen molar-refractivity contribution >= 4 is 22.8 Å². The molecule has 6 rings (SSSR count). The third-order valence-electron chi connectivity index (χ3n) is 7.53. The fourth-order valence-corrected chi connectivity index (χ4v) is 5.43. The van der Waals surface area contributed by atoms with Gasteiger partial charge in [-0.2, -0.15) is 13.2 Å². The first kappa shape index (κ1) is 24.1. The average molecular weight is 518 g/mol. The zero-order valence-electron chi connectivity index (χ0n) is 20.5. The molecule has 3 aliphatic rings. The van der Waals surface area contributed by atoms with Crippen LogP contribution >= 0.6 is 0 Å². The summed E-state index contributed by atoms with van der Waals surface area (Å²) in [6.07, 6.45) is -3.03. The van der Waals surface area contributed by atoms with E-state index in [2.05, 4.69) is 19.9 Å². The fourth-order valence-electron chi connectivity index (χ4n) is 5.43. The Bertz CT molecular complexity index is 1380. The van der Waals surface area contributed by atoms with Gasteiger partial charge in [0.25, 0.3) is 0 Å². The molecule has 2 atom stereocenters. The highest BCUT2D eigenvalue weighted by Gasteiger charge is 2.44. The summed E-state index contributed by atoms with van der Waals surface area (Å²) in [4.78, 5) is 23.4. The molecule has 1 aromatic carbocycles. The lowest BCUT2D eigenvalue weighted by molar-refractivity contribution is -0.145. The maximum atomic E-state index is 14.8. The van der Waals surface area contributed by atoms with Gasteiger partial charge in [-0.15, -0.1) is 0 Å². The second kappa shape index (κ2) is 8.68. The monoisotopic (exact) mass is 517 g/mol. The van der Waals surface area contributed by atoms with E-state index in [1.807, 2.05) is 11.0 Å². The molecule has 1 unspecified atom stereocenters. The van der Waals surface area contributed by atoms with Gasteiger partial charge in [0.1, 0.15) is 29.2 Å². The first-order valence-electron chi connectivity index (χ1n) is 12.5. The number of aryl methyl sites for hydroxylation is 1. The Balaban J connectivity index is 1.30. The predicted octanol–water partition coefficient (Wildman–Crippen LogP) is 5.01. The van der Waals surface area contributed by atoms with Crippen LogP contribution in [0.3, 0.4) is 0 Å². The van der Waals surface area contributed by atoms with Crippen molar-refractivity contribution in [1.29, 1.82) is 0 Å². The first-order valence-corrected chi connectivity index (χ1v) is 12.5. The van der Waals surface area contributed by atoms with E-state index < -0.39 is 23.6 Å². The number of nitrogens with one attached hydrogen (secondary N) is 1. The average Bonchev–Trinajstić information content (AvgIpc) is 3.59. The third-order valence-corrected chi connectivity index (χ3v) is 7.53. The Morgan fingerprint density at radius 2 is 1.97 bits per heavy atom. The highest BCUT2D eigenvalue weighted by Crippen LogP contribution is 2.42. The van der Waals surface area contributed by atoms with Crippen molar-refractivity contribution in [3.8, 4) is 0 Å². The minimum Gasteiger partial charge on any atom is -0.370 e. The molecule has 7 nitrogen and oxygen atoms in total. The quantitative estimate of drug-likeness (QED) is 0.482. The number of alkyl halides is 3.